The number of aryl methyl sites for hydroxylation is 1. The van der Waals surface area contributed by atoms with Crippen molar-refractivity contribution in [1.29, 1.82) is 0 Å². The number of hydrogen-bond donors (Lipinski definition) is 1. The van der Waals surface area contributed by atoms with Gasteiger partial charge < -0.3 is 4.98 Å². The smallest absolute Gasteiger partial charge is 0.189 e. The molecule has 29 heavy (non-hydrogen) atoms. The van der Waals surface area contributed by atoms with Crippen LogP contribution >= 0.6 is 0 Å². The number of aromatic nitrogens is 3. The molecule has 4 aromatic rings. The van der Waals surface area contributed by atoms with E-state index in [1.807, 2.05) is 54.6 Å². The molecule has 0 saturated carbocycles. The highest BCUT2D eigenvalue weighted by atomic mass is 16.1. The minimum Gasteiger partial charge on any atom is -0.339 e. The highest BCUT2D eigenvalue weighted by Gasteiger charge is 2.08. The summed E-state index contributed by atoms with van der Waals surface area (Å²) in [5, 5.41) is 0.612. The monoisotopic (exact) mass is 381 g/mol. The summed E-state index contributed by atoms with van der Waals surface area (Å²) in [6, 6.07) is 19.4. The molecular weight excluding hydrogens is 358 g/mol. The van der Waals surface area contributed by atoms with Gasteiger partial charge in [0.25, 0.3) is 0 Å². The van der Waals surface area contributed by atoms with Crippen LogP contribution in [0, 0.1) is 0 Å². The van der Waals surface area contributed by atoms with Crippen LogP contribution in [0.2, 0.25) is 0 Å². The number of H-pyrrole nitrogens is 1. The molecule has 1 N–H and O–H groups in total. The zero-order valence-corrected chi connectivity index (χ0v) is 16.4. The Bertz CT molecular complexity index is 1210. The van der Waals surface area contributed by atoms with Crippen molar-refractivity contribution in [2.75, 3.05) is 0 Å². The molecule has 0 radical (unpaired) electrons. The second-order valence-electron chi connectivity index (χ2n) is 7.06. The van der Waals surface area contributed by atoms with Gasteiger partial charge in [-0.2, -0.15) is 0 Å². The van der Waals surface area contributed by atoms with E-state index in [0.717, 1.165) is 47.5 Å². The Morgan fingerprint density at radius 1 is 1.00 bits per heavy atom. The van der Waals surface area contributed by atoms with Gasteiger partial charge in [0.1, 0.15) is 5.65 Å². The Kier molecular flexibility index (Phi) is 5.61. The first-order valence-electron chi connectivity index (χ1n) is 9.95. The molecule has 0 aliphatic heterocycles. The van der Waals surface area contributed by atoms with Crippen molar-refractivity contribution in [3.05, 3.63) is 94.0 Å². The number of hydrogen-bond acceptors (Lipinski definition) is 3. The van der Waals surface area contributed by atoms with E-state index in [2.05, 4.69) is 29.0 Å². The number of fused-ring (bicyclic) bond motifs is 1. The molecule has 3 aromatic heterocycles. The fourth-order valence-electron chi connectivity index (χ4n) is 3.27. The molecule has 0 aliphatic rings. The summed E-state index contributed by atoms with van der Waals surface area (Å²) in [4.78, 5) is 24.9. The van der Waals surface area contributed by atoms with Gasteiger partial charge in [-0.05, 0) is 54.8 Å². The number of aromatic amines is 1. The van der Waals surface area contributed by atoms with E-state index in [-0.39, 0.29) is 5.43 Å². The third-order valence-electron chi connectivity index (χ3n) is 4.87. The van der Waals surface area contributed by atoms with E-state index in [4.69, 9.17) is 4.98 Å². The fraction of sp³-hybridized carbons (Fsp3) is 0.160. The van der Waals surface area contributed by atoms with E-state index in [1.54, 1.807) is 12.3 Å². The van der Waals surface area contributed by atoms with E-state index >= 15 is 0 Å². The Balaban J connectivity index is 1.69. The SMILES string of the molecule is CCCCc1ccc(=O)c2cc(-c3ccnc(/C=C/c4ccccc4)c3)[nH]c2n1. The molecule has 0 bridgehead atoms. The van der Waals surface area contributed by atoms with Gasteiger partial charge in [0.05, 0.1) is 11.1 Å². The topological polar surface area (TPSA) is 58.6 Å². The van der Waals surface area contributed by atoms with Crippen LogP contribution in [0.4, 0.5) is 0 Å². The average molecular weight is 381 g/mol. The molecule has 3 heterocycles. The molecular formula is C25H23N3O. The number of rotatable bonds is 6. The summed E-state index contributed by atoms with van der Waals surface area (Å²) < 4.78 is 0. The van der Waals surface area contributed by atoms with Crippen LogP contribution in [0.25, 0.3) is 34.4 Å². The molecule has 144 valence electrons. The summed E-state index contributed by atoms with van der Waals surface area (Å²) >= 11 is 0. The molecule has 0 spiro atoms. The third-order valence-corrected chi connectivity index (χ3v) is 4.87. The third kappa shape index (κ3) is 4.49. The molecule has 0 saturated heterocycles. The summed E-state index contributed by atoms with van der Waals surface area (Å²) in [6.45, 7) is 2.15. The second kappa shape index (κ2) is 8.65. The Labute approximate surface area is 170 Å². The minimum atomic E-state index is -0.0176. The van der Waals surface area contributed by atoms with E-state index in [0.29, 0.717) is 11.0 Å². The van der Waals surface area contributed by atoms with E-state index in [9.17, 15) is 4.79 Å². The van der Waals surface area contributed by atoms with Gasteiger partial charge in [-0.3, -0.25) is 9.78 Å². The molecule has 0 atom stereocenters. The summed E-state index contributed by atoms with van der Waals surface area (Å²) in [5.41, 5.74) is 5.38. The van der Waals surface area contributed by atoms with Crippen LogP contribution in [-0.4, -0.2) is 15.0 Å². The first-order valence-corrected chi connectivity index (χ1v) is 9.95. The van der Waals surface area contributed by atoms with Crippen LogP contribution in [0.15, 0.2) is 71.7 Å². The maximum absolute atomic E-state index is 12.5. The van der Waals surface area contributed by atoms with Gasteiger partial charge in [-0.15, -0.1) is 0 Å². The molecule has 0 aliphatic carbocycles. The van der Waals surface area contributed by atoms with Crippen LogP contribution in [0.3, 0.4) is 0 Å². The van der Waals surface area contributed by atoms with Gasteiger partial charge >= 0.3 is 0 Å². The highest BCUT2D eigenvalue weighted by molar-refractivity contribution is 5.83. The maximum atomic E-state index is 12.5. The van der Waals surface area contributed by atoms with Crippen molar-refractivity contribution in [2.45, 2.75) is 26.2 Å². The maximum Gasteiger partial charge on any atom is 0.189 e. The zero-order chi connectivity index (χ0) is 20.1. The molecule has 4 rings (SSSR count). The number of unbranched alkanes of at least 4 members (excludes halogenated alkanes) is 1. The van der Waals surface area contributed by atoms with Crippen molar-refractivity contribution in [2.24, 2.45) is 0 Å². The lowest BCUT2D eigenvalue weighted by Crippen LogP contribution is -1.92. The summed E-state index contributed by atoms with van der Waals surface area (Å²) in [7, 11) is 0. The predicted octanol–water partition coefficient (Wildman–Crippen LogP) is 5.50. The van der Waals surface area contributed by atoms with Gasteiger partial charge in [0, 0.05) is 23.1 Å². The lowest BCUT2D eigenvalue weighted by atomic mass is 10.1. The standard InChI is InChI=1S/C25H23N3O/c1-2-3-9-20-12-13-24(29)22-17-23(28-25(22)27-20)19-14-15-26-21(16-19)11-10-18-7-5-4-6-8-18/h4-8,10-17,28H,2-3,9H2,1H3/b11-10+. The van der Waals surface area contributed by atoms with Crippen LogP contribution in [0.5, 0.6) is 0 Å². The highest BCUT2D eigenvalue weighted by Crippen LogP contribution is 2.22. The Morgan fingerprint density at radius 3 is 2.69 bits per heavy atom. The average Bonchev–Trinajstić information content (AvgIpc) is 3.12. The molecule has 4 heteroatoms. The summed E-state index contributed by atoms with van der Waals surface area (Å²) in [5.74, 6) is 0. The van der Waals surface area contributed by atoms with Gasteiger partial charge in [0.15, 0.2) is 5.43 Å². The fourth-order valence-corrected chi connectivity index (χ4v) is 3.27. The lowest BCUT2D eigenvalue weighted by Gasteiger charge is -2.00. The van der Waals surface area contributed by atoms with Gasteiger partial charge in [-0.25, -0.2) is 4.98 Å². The number of pyridine rings is 1. The van der Waals surface area contributed by atoms with Crippen molar-refractivity contribution in [3.63, 3.8) is 0 Å². The normalized spacial score (nSPS) is 11.3. The van der Waals surface area contributed by atoms with Crippen molar-refractivity contribution in [1.82, 2.24) is 15.0 Å². The lowest BCUT2D eigenvalue weighted by molar-refractivity contribution is 0.780. The number of benzene rings is 1. The van der Waals surface area contributed by atoms with Crippen molar-refractivity contribution >= 4 is 23.2 Å². The van der Waals surface area contributed by atoms with Crippen molar-refractivity contribution in [3.8, 4) is 11.3 Å². The first kappa shape index (κ1) is 18.8. The van der Waals surface area contributed by atoms with E-state index in [1.165, 1.54) is 0 Å². The Morgan fingerprint density at radius 2 is 1.86 bits per heavy atom. The second-order valence-corrected chi connectivity index (χ2v) is 7.06. The summed E-state index contributed by atoms with van der Waals surface area (Å²) in [6.07, 6.45) is 8.83. The first-order chi connectivity index (χ1) is 14.2. The minimum absolute atomic E-state index is 0.0176. The van der Waals surface area contributed by atoms with E-state index < -0.39 is 0 Å². The molecule has 4 nitrogen and oxygen atoms in total. The van der Waals surface area contributed by atoms with Crippen LogP contribution in [0.1, 0.15) is 36.7 Å². The van der Waals surface area contributed by atoms with Gasteiger partial charge in [0.2, 0.25) is 0 Å². The zero-order valence-electron chi connectivity index (χ0n) is 16.4. The molecule has 0 unspecified atom stereocenters. The molecule has 0 fully saturated rings. The molecule has 1 aromatic carbocycles. The quantitative estimate of drug-likeness (QED) is 0.480. The van der Waals surface area contributed by atoms with Gasteiger partial charge in [-0.1, -0.05) is 49.8 Å². The number of nitrogens with zero attached hydrogens (tertiary/aromatic N) is 2. The van der Waals surface area contributed by atoms with Crippen LogP contribution < -0.4 is 5.43 Å². The largest absolute Gasteiger partial charge is 0.339 e. The van der Waals surface area contributed by atoms with Crippen molar-refractivity contribution < 1.29 is 0 Å². The predicted molar refractivity (Wildman–Crippen MR) is 120 cm³/mol. The van der Waals surface area contributed by atoms with Crippen LogP contribution in [-0.2, 0) is 6.42 Å². The number of nitrogens with one attached hydrogen (secondary N) is 1. The Hall–Kier alpha value is -3.53. The molecule has 0 amide bonds.